The smallest absolute Gasteiger partial charge is 0.224 e. The first-order chi connectivity index (χ1) is 7.31. The summed E-state index contributed by atoms with van der Waals surface area (Å²) in [5.41, 5.74) is 0. The Morgan fingerprint density at radius 2 is 2.12 bits per heavy atom. The molecule has 1 saturated heterocycles. The lowest BCUT2D eigenvalue weighted by atomic mass is 10.1. The SMILES string of the molecule is CCCN(C(=O)CC1CCCN1)C1CC1.Cl. The summed E-state index contributed by atoms with van der Waals surface area (Å²) < 4.78 is 0. The lowest BCUT2D eigenvalue weighted by molar-refractivity contribution is -0.132. The summed E-state index contributed by atoms with van der Waals surface area (Å²) in [7, 11) is 0. The van der Waals surface area contributed by atoms with Gasteiger partial charge in [0.2, 0.25) is 5.91 Å². The number of hydrogen-bond acceptors (Lipinski definition) is 2. The molecule has 3 nitrogen and oxygen atoms in total. The van der Waals surface area contributed by atoms with Crippen molar-refractivity contribution in [2.75, 3.05) is 13.1 Å². The molecule has 0 bridgehead atoms. The molecule has 16 heavy (non-hydrogen) atoms. The maximum absolute atomic E-state index is 12.1. The highest BCUT2D eigenvalue weighted by atomic mass is 35.5. The highest BCUT2D eigenvalue weighted by molar-refractivity contribution is 5.85. The third-order valence-electron chi connectivity index (χ3n) is 3.36. The fourth-order valence-electron chi connectivity index (χ4n) is 2.40. The fourth-order valence-corrected chi connectivity index (χ4v) is 2.40. The van der Waals surface area contributed by atoms with Crippen molar-refractivity contribution in [3.63, 3.8) is 0 Å². The van der Waals surface area contributed by atoms with Crippen molar-refractivity contribution >= 4 is 18.3 Å². The summed E-state index contributed by atoms with van der Waals surface area (Å²) in [4.78, 5) is 14.2. The van der Waals surface area contributed by atoms with Crippen LogP contribution in [-0.4, -0.2) is 36.0 Å². The van der Waals surface area contributed by atoms with Crippen LogP contribution in [0.5, 0.6) is 0 Å². The van der Waals surface area contributed by atoms with Crippen LogP contribution < -0.4 is 5.32 Å². The average molecular weight is 247 g/mol. The molecule has 2 fully saturated rings. The van der Waals surface area contributed by atoms with Crippen LogP contribution in [0, 0.1) is 0 Å². The van der Waals surface area contributed by atoms with Crippen LogP contribution in [0.1, 0.15) is 45.4 Å². The maximum atomic E-state index is 12.1. The lowest BCUT2D eigenvalue weighted by Crippen LogP contribution is -2.37. The van der Waals surface area contributed by atoms with Crippen LogP contribution in [0.2, 0.25) is 0 Å². The normalized spacial score (nSPS) is 23.9. The van der Waals surface area contributed by atoms with Gasteiger partial charge in [-0.1, -0.05) is 6.92 Å². The van der Waals surface area contributed by atoms with Gasteiger partial charge in [0.25, 0.3) is 0 Å². The molecule has 1 amide bonds. The zero-order valence-electron chi connectivity index (χ0n) is 10.1. The van der Waals surface area contributed by atoms with Gasteiger partial charge < -0.3 is 10.2 Å². The molecule has 2 rings (SSSR count). The molecule has 0 aromatic carbocycles. The first-order valence-electron chi connectivity index (χ1n) is 6.34. The van der Waals surface area contributed by atoms with Gasteiger partial charge in [-0.05, 0) is 38.6 Å². The summed E-state index contributed by atoms with van der Waals surface area (Å²) >= 11 is 0. The minimum Gasteiger partial charge on any atom is -0.340 e. The van der Waals surface area contributed by atoms with Crippen LogP contribution in [0.15, 0.2) is 0 Å². The Hall–Kier alpha value is -0.280. The standard InChI is InChI=1S/C12H22N2O.ClH/c1-2-8-14(11-5-6-11)12(15)9-10-4-3-7-13-10;/h10-11,13H,2-9H2,1H3;1H. The van der Waals surface area contributed by atoms with E-state index in [0.717, 1.165) is 25.9 Å². The van der Waals surface area contributed by atoms with E-state index in [2.05, 4.69) is 17.1 Å². The number of halogens is 1. The van der Waals surface area contributed by atoms with Gasteiger partial charge in [0.1, 0.15) is 0 Å². The number of carbonyl (C=O) groups excluding carboxylic acids is 1. The maximum Gasteiger partial charge on any atom is 0.224 e. The van der Waals surface area contributed by atoms with E-state index in [0.29, 0.717) is 18.0 Å². The molecule has 1 aliphatic carbocycles. The van der Waals surface area contributed by atoms with Gasteiger partial charge in [-0.25, -0.2) is 0 Å². The topological polar surface area (TPSA) is 32.3 Å². The van der Waals surface area contributed by atoms with Crippen LogP contribution in [-0.2, 0) is 4.79 Å². The number of nitrogens with one attached hydrogen (secondary N) is 1. The van der Waals surface area contributed by atoms with Gasteiger partial charge in [0.05, 0.1) is 0 Å². The van der Waals surface area contributed by atoms with E-state index in [1.54, 1.807) is 0 Å². The van der Waals surface area contributed by atoms with E-state index >= 15 is 0 Å². The zero-order valence-corrected chi connectivity index (χ0v) is 10.9. The van der Waals surface area contributed by atoms with Gasteiger partial charge in [-0.2, -0.15) is 0 Å². The number of nitrogens with zero attached hydrogens (tertiary/aromatic N) is 1. The van der Waals surface area contributed by atoms with E-state index in [1.807, 2.05) is 0 Å². The fraction of sp³-hybridized carbons (Fsp3) is 0.917. The second-order valence-corrected chi connectivity index (χ2v) is 4.82. The van der Waals surface area contributed by atoms with Crippen molar-refractivity contribution in [3.05, 3.63) is 0 Å². The molecule has 0 spiro atoms. The third-order valence-corrected chi connectivity index (χ3v) is 3.36. The lowest BCUT2D eigenvalue weighted by Gasteiger charge is -2.23. The van der Waals surface area contributed by atoms with E-state index in [9.17, 15) is 4.79 Å². The van der Waals surface area contributed by atoms with Gasteiger partial charge in [0, 0.05) is 25.0 Å². The highest BCUT2D eigenvalue weighted by Crippen LogP contribution is 2.28. The van der Waals surface area contributed by atoms with Crippen LogP contribution in [0.25, 0.3) is 0 Å². The predicted octanol–water partition coefficient (Wildman–Crippen LogP) is 1.95. The molecule has 0 radical (unpaired) electrons. The van der Waals surface area contributed by atoms with Crippen LogP contribution in [0.4, 0.5) is 0 Å². The number of rotatable bonds is 5. The Morgan fingerprint density at radius 3 is 2.62 bits per heavy atom. The molecule has 1 saturated carbocycles. The first-order valence-corrected chi connectivity index (χ1v) is 6.34. The van der Waals surface area contributed by atoms with Crippen molar-refractivity contribution in [1.29, 1.82) is 0 Å². The predicted molar refractivity (Wildman–Crippen MR) is 67.9 cm³/mol. The summed E-state index contributed by atoms with van der Waals surface area (Å²) in [5.74, 6) is 0.374. The highest BCUT2D eigenvalue weighted by Gasteiger charge is 2.32. The Morgan fingerprint density at radius 1 is 1.38 bits per heavy atom. The van der Waals surface area contributed by atoms with Crippen molar-refractivity contribution in [2.24, 2.45) is 0 Å². The van der Waals surface area contributed by atoms with E-state index in [-0.39, 0.29) is 12.4 Å². The van der Waals surface area contributed by atoms with Crippen molar-refractivity contribution in [2.45, 2.75) is 57.5 Å². The molecule has 2 aliphatic rings. The Balaban J connectivity index is 0.00000128. The third kappa shape index (κ3) is 3.63. The van der Waals surface area contributed by atoms with Crippen molar-refractivity contribution in [3.8, 4) is 0 Å². The molecule has 0 aromatic heterocycles. The largest absolute Gasteiger partial charge is 0.340 e. The summed E-state index contributed by atoms with van der Waals surface area (Å²) in [6.45, 7) is 4.20. The zero-order chi connectivity index (χ0) is 10.7. The molecule has 1 atom stereocenters. The number of amides is 1. The summed E-state index contributed by atoms with van der Waals surface area (Å²) in [6, 6.07) is 1.04. The average Bonchev–Trinajstić information content (AvgIpc) is 2.93. The molecular weight excluding hydrogens is 224 g/mol. The van der Waals surface area contributed by atoms with Crippen molar-refractivity contribution < 1.29 is 4.79 Å². The number of carbonyl (C=O) groups is 1. The minimum atomic E-state index is 0. The minimum absolute atomic E-state index is 0. The Bertz CT molecular complexity index is 225. The van der Waals surface area contributed by atoms with Gasteiger partial charge in [-0.3, -0.25) is 4.79 Å². The second kappa shape index (κ2) is 6.45. The van der Waals surface area contributed by atoms with Gasteiger partial charge >= 0.3 is 0 Å². The molecular formula is C12H23ClN2O. The van der Waals surface area contributed by atoms with Crippen LogP contribution in [0.3, 0.4) is 0 Å². The molecule has 0 aromatic rings. The number of hydrogen-bond donors (Lipinski definition) is 1. The van der Waals surface area contributed by atoms with Crippen LogP contribution >= 0.6 is 12.4 Å². The molecule has 1 heterocycles. The monoisotopic (exact) mass is 246 g/mol. The van der Waals surface area contributed by atoms with Gasteiger partial charge in [-0.15, -0.1) is 12.4 Å². The molecule has 1 unspecified atom stereocenters. The molecule has 94 valence electrons. The van der Waals surface area contributed by atoms with Gasteiger partial charge in [0.15, 0.2) is 0 Å². The summed E-state index contributed by atoms with van der Waals surface area (Å²) in [5, 5.41) is 3.40. The second-order valence-electron chi connectivity index (χ2n) is 4.82. The Kier molecular flexibility index (Phi) is 5.56. The van der Waals surface area contributed by atoms with E-state index in [1.165, 1.54) is 25.7 Å². The quantitative estimate of drug-likeness (QED) is 0.804. The summed E-state index contributed by atoms with van der Waals surface area (Å²) in [6.07, 6.45) is 6.66. The van der Waals surface area contributed by atoms with E-state index in [4.69, 9.17) is 0 Å². The molecule has 1 N–H and O–H groups in total. The Labute approximate surface area is 104 Å². The first kappa shape index (κ1) is 13.8. The molecule has 1 aliphatic heterocycles. The van der Waals surface area contributed by atoms with Crippen molar-refractivity contribution in [1.82, 2.24) is 10.2 Å². The molecule has 4 heteroatoms. The van der Waals surface area contributed by atoms with E-state index < -0.39 is 0 Å².